The van der Waals surface area contributed by atoms with Gasteiger partial charge in [-0.15, -0.1) is 0 Å². The Morgan fingerprint density at radius 2 is 1.97 bits per heavy atom. The molecule has 0 bridgehead atoms. The van der Waals surface area contributed by atoms with Gasteiger partial charge in [0.15, 0.2) is 0 Å². The maximum absolute atomic E-state index is 12.1. The number of benzene rings is 1. The number of nitrogens with two attached hydrogens (primary N) is 1. The Morgan fingerprint density at radius 1 is 1.34 bits per heavy atom. The van der Waals surface area contributed by atoms with Crippen LogP contribution in [0, 0.1) is 11.2 Å². The minimum absolute atomic E-state index is 0.0964. The van der Waals surface area contributed by atoms with Crippen LogP contribution in [0.25, 0.3) is 0 Å². The molecule has 1 heterocycles. The van der Waals surface area contributed by atoms with Gasteiger partial charge in [-0.05, 0) is 64.3 Å². The number of nitrogens with zero attached hydrogens (tertiary/aromatic N) is 2. The molecule has 8 heteroatoms. The molecular weight excluding hydrogens is 395 g/mol. The predicted octanol–water partition coefficient (Wildman–Crippen LogP) is 2.26. The van der Waals surface area contributed by atoms with Crippen LogP contribution in [0.4, 0.5) is 4.39 Å². The number of rotatable bonds is 5. The van der Waals surface area contributed by atoms with Gasteiger partial charge in [0.25, 0.3) is 0 Å². The molecule has 2 fully saturated rings. The Labute approximate surface area is 177 Å². The summed E-state index contributed by atoms with van der Waals surface area (Å²) in [7, 11) is 1.95. The first kappa shape index (κ1) is 23.6. The average Bonchev–Trinajstić information content (AvgIpc) is 2.45. The van der Waals surface area contributed by atoms with Gasteiger partial charge < -0.3 is 11.1 Å². The van der Waals surface area contributed by atoms with Crippen molar-refractivity contribution >= 4 is 23.4 Å². The lowest BCUT2D eigenvalue weighted by Crippen LogP contribution is -2.67. The first-order valence-corrected chi connectivity index (χ1v) is 10.2. The zero-order valence-electron chi connectivity index (χ0n) is 17.7. The molecule has 6 nitrogen and oxygen atoms in total. The van der Waals surface area contributed by atoms with Crippen molar-refractivity contribution in [3.05, 3.63) is 35.1 Å². The SMILES string of the molecule is CN(CC(N)=O)C1CC2(C1)CN(CC(=O)NC(C)(C)C)C2.Fc1cccc(Cl)c1. The Hall–Kier alpha value is -1.70. The second-order valence-electron chi connectivity index (χ2n) is 9.33. The van der Waals surface area contributed by atoms with E-state index in [1.54, 1.807) is 12.1 Å². The molecule has 1 aliphatic carbocycles. The van der Waals surface area contributed by atoms with E-state index < -0.39 is 0 Å². The van der Waals surface area contributed by atoms with Crippen LogP contribution in [0.3, 0.4) is 0 Å². The number of nitrogens with one attached hydrogen (secondary N) is 1. The number of carbonyl (C=O) groups is 2. The number of hydrogen-bond donors (Lipinski definition) is 2. The molecular formula is C21H32ClFN4O2. The zero-order chi connectivity index (χ0) is 21.8. The molecule has 1 spiro atoms. The number of carbonyl (C=O) groups excluding carboxylic acids is 2. The number of halogens is 2. The summed E-state index contributed by atoms with van der Waals surface area (Å²) in [5.41, 5.74) is 5.42. The van der Waals surface area contributed by atoms with E-state index in [-0.39, 0.29) is 23.2 Å². The fourth-order valence-electron chi connectivity index (χ4n) is 4.02. The van der Waals surface area contributed by atoms with Crippen LogP contribution in [0.2, 0.25) is 5.02 Å². The van der Waals surface area contributed by atoms with E-state index in [0.29, 0.717) is 29.6 Å². The van der Waals surface area contributed by atoms with Crippen molar-refractivity contribution in [2.75, 3.05) is 33.2 Å². The Bertz CT molecular complexity index is 706. The summed E-state index contributed by atoms with van der Waals surface area (Å²) in [6.07, 6.45) is 2.21. The maximum atomic E-state index is 12.1. The Balaban J connectivity index is 0.000000313. The molecule has 3 rings (SSSR count). The smallest absolute Gasteiger partial charge is 0.234 e. The first-order chi connectivity index (χ1) is 13.4. The number of likely N-dealkylation sites (tertiary alicyclic amines) is 1. The van der Waals surface area contributed by atoms with Gasteiger partial charge in [-0.3, -0.25) is 19.4 Å². The predicted molar refractivity (Wildman–Crippen MR) is 113 cm³/mol. The number of primary amides is 1. The summed E-state index contributed by atoms with van der Waals surface area (Å²) in [4.78, 5) is 27.0. The molecule has 0 radical (unpaired) electrons. The molecule has 0 unspecified atom stereocenters. The molecule has 0 aromatic heterocycles. The highest BCUT2D eigenvalue weighted by molar-refractivity contribution is 6.30. The van der Waals surface area contributed by atoms with Crippen LogP contribution in [-0.4, -0.2) is 66.4 Å². The number of likely N-dealkylation sites (N-methyl/N-ethyl adjacent to an activating group) is 1. The summed E-state index contributed by atoms with van der Waals surface area (Å²) in [6, 6.07) is 6.28. The Morgan fingerprint density at radius 3 is 2.41 bits per heavy atom. The second kappa shape index (κ2) is 9.41. The van der Waals surface area contributed by atoms with Crippen molar-refractivity contribution in [2.45, 2.75) is 45.2 Å². The van der Waals surface area contributed by atoms with Gasteiger partial charge in [-0.1, -0.05) is 17.7 Å². The summed E-state index contributed by atoms with van der Waals surface area (Å²) in [5.74, 6) is -0.468. The molecule has 29 heavy (non-hydrogen) atoms. The highest BCUT2D eigenvalue weighted by Gasteiger charge is 2.53. The highest BCUT2D eigenvalue weighted by Crippen LogP contribution is 2.49. The van der Waals surface area contributed by atoms with Gasteiger partial charge in [0.05, 0.1) is 13.1 Å². The Kier molecular flexibility index (Phi) is 7.65. The third-order valence-corrected chi connectivity index (χ3v) is 5.39. The van der Waals surface area contributed by atoms with Crippen molar-refractivity contribution in [2.24, 2.45) is 11.1 Å². The molecule has 3 N–H and O–H groups in total. The van der Waals surface area contributed by atoms with Crippen molar-refractivity contribution in [3.63, 3.8) is 0 Å². The van der Waals surface area contributed by atoms with Gasteiger partial charge in [-0.2, -0.15) is 0 Å². The van der Waals surface area contributed by atoms with E-state index in [9.17, 15) is 14.0 Å². The molecule has 1 aromatic carbocycles. The van der Waals surface area contributed by atoms with E-state index in [0.717, 1.165) is 25.9 Å². The number of amides is 2. The highest BCUT2D eigenvalue weighted by atomic mass is 35.5. The van der Waals surface area contributed by atoms with Crippen molar-refractivity contribution in [1.29, 1.82) is 0 Å². The van der Waals surface area contributed by atoms with Gasteiger partial charge >= 0.3 is 0 Å². The average molecular weight is 427 g/mol. The molecule has 1 saturated carbocycles. The minimum atomic E-state index is -0.294. The summed E-state index contributed by atoms with van der Waals surface area (Å²) in [6.45, 7) is 8.78. The second-order valence-corrected chi connectivity index (χ2v) is 9.76. The van der Waals surface area contributed by atoms with Gasteiger partial charge in [-0.25, -0.2) is 4.39 Å². The summed E-state index contributed by atoms with van der Waals surface area (Å²) < 4.78 is 12.1. The fourth-order valence-corrected chi connectivity index (χ4v) is 4.20. The van der Waals surface area contributed by atoms with Gasteiger partial charge in [0.2, 0.25) is 11.8 Å². The molecule has 0 atom stereocenters. The van der Waals surface area contributed by atoms with E-state index in [4.69, 9.17) is 17.3 Å². The lowest BCUT2D eigenvalue weighted by Gasteiger charge is -2.60. The van der Waals surface area contributed by atoms with E-state index >= 15 is 0 Å². The molecule has 1 saturated heterocycles. The lowest BCUT2D eigenvalue weighted by atomic mass is 9.60. The standard InChI is InChI=1S/C15H28N4O2.C6H4ClF/c1-14(2,3)17-13(21)8-19-9-15(10-19)5-11(6-15)18(4)7-12(16)20;7-5-2-1-3-6(8)4-5/h11H,5-10H2,1-4H3,(H2,16,20)(H,17,21);1-4H. The topological polar surface area (TPSA) is 78.7 Å². The molecule has 162 valence electrons. The third-order valence-electron chi connectivity index (χ3n) is 5.15. The van der Waals surface area contributed by atoms with Gasteiger partial charge in [0, 0.05) is 29.7 Å². The van der Waals surface area contributed by atoms with E-state index in [1.807, 2.05) is 32.7 Å². The molecule has 2 amide bonds. The fraction of sp³-hybridized carbons (Fsp3) is 0.619. The number of hydrogen-bond acceptors (Lipinski definition) is 4. The van der Waals surface area contributed by atoms with Crippen LogP contribution < -0.4 is 11.1 Å². The lowest BCUT2D eigenvalue weighted by molar-refractivity contribution is -0.137. The van der Waals surface area contributed by atoms with Crippen LogP contribution in [0.15, 0.2) is 24.3 Å². The summed E-state index contributed by atoms with van der Waals surface area (Å²) in [5, 5.41) is 3.43. The quantitative estimate of drug-likeness (QED) is 0.757. The van der Waals surface area contributed by atoms with Crippen LogP contribution in [-0.2, 0) is 9.59 Å². The normalized spacial score (nSPS) is 18.4. The molecule has 1 aromatic rings. The minimum Gasteiger partial charge on any atom is -0.369 e. The monoisotopic (exact) mass is 426 g/mol. The van der Waals surface area contributed by atoms with Crippen molar-refractivity contribution < 1.29 is 14.0 Å². The summed E-state index contributed by atoms with van der Waals surface area (Å²) >= 11 is 5.40. The van der Waals surface area contributed by atoms with Gasteiger partial charge in [0.1, 0.15) is 5.82 Å². The van der Waals surface area contributed by atoms with E-state index in [2.05, 4.69) is 10.2 Å². The van der Waals surface area contributed by atoms with Crippen LogP contribution >= 0.6 is 11.6 Å². The van der Waals surface area contributed by atoms with Crippen LogP contribution in [0.1, 0.15) is 33.6 Å². The first-order valence-electron chi connectivity index (χ1n) is 9.80. The molecule has 2 aliphatic rings. The zero-order valence-corrected chi connectivity index (χ0v) is 18.4. The van der Waals surface area contributed by atoms with E-state index in [1.165, 1.54) is 12.1 Å². The molecule has 1 aliphatic heterocycles. The van der Waals surface area contributed by atoms with Crippen molar-refractivity contribution in [3.8, 4) is 0 Å². The third kappa shape index (κ3) is 7.57. The maximum Gasteiger partial charge on any atom is 0.234 e. The van der Waals surface area contributed by atoms with Crippen LogP contribution in [0.5, 0.6) is 0 Å². The van der Waals surface area contributed by atoms with Crippen molar-refractivity contribution in [1.82, 2.24) is 15.1 Å². The largest absolute Gasteiger partial charge is 0.369 e.